The van der Waals surface area contributed by atoms with Crippen LogP contribution in [0.3, 0.4) is 0 Å². The van der Waals surface area contributed by atoms with Gasteiger partial charge in [0.25, 0.3) is 0 Å². The molecule has 2 aromatic carbocycles. The highest BCUT2D eigenvalue weighted by Crippen LogP contribution is 2.28. The van der Waals surface area contributed by atoms with Gasteiger partial charge in [0, 0.05) is 25.0 Å². The lowest BCUT2D eigenvalue weighted by Gasteiger charge is -2.10. The summed E-state index contributed by atoms with van der Waals surface area (Å²) in [6.45, 7) is 3.24. The van der Waals surface area contributed by atoms with Crippen LogP contribution in [-0.4, -0.2) is 11.7 Å². The van der Waals surface area contributed by atoms with E-state index in [2.05, 4.69) is 5.32 Å². The summed E-state index contributed by atoms with van der Waals surface area (Å²) in [5.41, 5.74) is 7.42. The van der Waals surface area contributed by atoms with Crippen LogP contribution in [0.5, 0.6) is 11.5 Å². The Labute approximate surface area is 129 Å². The van der Waals surface area contributed by atoms with Gasteiger partial charge in [0.2, 0.25) is 5.91 Å². The Morgan fingerprint density at radius 3 is 2.32 bits per heavy atom. The summed E-state index contributed by atoms with van der Waals surface area (Å²) in [7, 11) is 0. The molecule has 1 amide bonds. The van der Waals surface area contributed by atoms with Crippen LogP contribution in [-0.2, 0) is 4.79 Å². The van der Waals surface area contributed by atoms with Crippen molar-refractivity contribution in [1.82, 2.24) is 0 Å². The van der Waals surface area contributed by atoms with E-state index in [1.54, 1.807) is 42.5 Å². The van der Waals surface area contributed by atoms with Crippen molar-refractivity contribution in [2.45, 2.75) is 20.3 Å². The second kappa shape index (κ2) is 6.76. The molecule has 114 valence electrons. The molecule has 22 heavy (non-hydrogen) atoms. The molecule has 0 atom stereocenters. The molecule has 0 aliphatic carbocycles. The topological polar surface area (TPSA) is 81.4 Å². The molecule has 0 radical (unpaired) electrons. The molecule has 2 rings (SSSR count). The molecule has 5 heteroatoms. The van der Waals surface area contributed by atoms with Crippen LogP contribution in [0.4, 0.5) is 11.4 Å². The predicted octanol–water partition coefficient (Wildman–Crippen LogP) is 3.61. The summed E-state index contributed by atoms with van der Waals surface area (Å²) >= 11 is 0. The average Bonchev–Trinajstić information content (AvgIpc) is 2.50. The molecule has 3 N–H and O–H groups in total. The number of nitrogen functional groups attached to an aromatic ring is 1. The van der Waals surface area contributed by atoms with Crippen molar-refractivity contribution in [1.29, 1.82) is 0 Å². The van der Waals surface area contributed by atoms with E-state index in [4.69, 9.17) is 10.5 Å². The summed E-state index contributed by atoms with van der Waals surface area (Å²) in [5, 5.41) is 2.64. The van der Waals surface area contributed by atoms with Crippen LogP contribution < -0.4 is 15.8 Å². The zero-order valence-electron chi connectivity index (χ0n) is 12.6. The van der Waals surface area contributed by atoms with Crippen molar-refractivity contribution >= 4 is 23.1 Å². The fourth-order valence-corrected chi connectivity index (χ4v) is 1.95. The van der Waals surface area contributed by atoms with Crippen molar-refractivity contribution in [2.24, 2.45) is 0 Å². The number of anilines is 2. The Kier molecular flexibility index (Phi) is 4.78. The monoisotopic (exact) mass is 298 g/mol. The zero-order chi connectivity index (χ0) is 16.1. The van der Waals surface area contributed by atoms with Crippen LogP contribution in [0.15, 0.2) is 42.5 Å². The Morgan fingerprint density at radius 1 is 1.09 bits per heavy atom. The highest BCUT2D eigenvalue weighted by molar-refractivity contribution is 5.96. The van der Waals surface area contributed by atoms with E-state index in [1.807, 2.05) is 6.92 Å². The van der Waals surface area contributed by atoms with Crippen molar-refractivity contribution in [2.75, 3.05) is 11.1 Å². The molecular formula is C17H18N2O3. The smallest absolute Gasteiger partial charge is 0.221 e. The van der Waals surface area contributed by atoms with E-state index < -0.39 is 0 Å². The number of ketones is 1. The van der Waals surface area contributed by atoms with Gasteiger partial charge in [0.15, 0.2) is 5.78 Å². The Balaban J connectivity index is 2.16. The van der Waals surface area contributed by atoms with Gasteiger partial charge >= 0.3 is 0 Å². The molecule has 0 bridgehead atoms. The van der Waals surface area contributed by atoms with Crippen molar-refractivity contribution in [3.63, 3.8) is 0 Å². The minimum absolute atomic E-state index is 0.0898. The molecule has 0 unspecified atom stereocenters. The number of carbonyl (C=O) groups excluding carboxylic acids is 2. The third-order valence-corrected chi connectivity index (χ3v) is 3.07. The first kappa shape index (κ1) is 15.6. The number of benzene rings is 2. The van der Waals surface area contributed by atoms with Crippen LogP contribution in [0.2, 0.25) is 0 Å². The molecule has 0 spiro atoms. The van der Waals surface area contributed by atoms with Gasteiger partial charge in [-0.3, -0.25) is 9.59 Å². The first-order valence-electron chi connectivity index (χ1n) is 6.98. The van der Waals surface area contributed by atoms with E-state index in [-0.39, 0.29) is 11.7 Å². The van der Waals surface area contributed by atoms with Gasteiger partial charge in [-0.2, -0.15) is 0 Å². The second-order valence-electron chi connectivity index (χ2n) is 4.83. The lowest BCUT2D eigenvalue weighted by atomic mass is 10.1. The van der Waals surface area contributed by atoms with E-state index >= 15 is 0 Å². The minimum atomic E-state index is -0.203. The number of nitrogens with two attached hydrogens (primary N) is 1. The van der Waals surface area contributed by atoms with Crippen molar-refractivity contribution in [3.05, 3.63) is 48.0 Å². The standard InChI is InChI=1S/C17H18N2O3/c1-3-17(21)12-4-6-13(7-5-12)22-14-8-9-15(18)16(10-14)19-11(2)20/h4-10H,3,18H2,1-2H3,(H,19,20). The number of amides is 1. The number of carbonyl (C=O) groups is 2. The van der Waals surface area contributed by atoms with Crippen LogP contribution in [0.25, 0.3) is 0 Å². The average molecular weight is 298 g/mol. The highest BCUT2D eigenvalue weighted by atomic mass is 16.5. The summed E-state index contributed by atoms with van der Waals surface area (Å²) in [4.78, 5) is 22.7. The maximum absolute atomic E-state index is 11.6. The molecule has 5 nitrogen and oxygen atoms in total. The van der Waals surface area contributed by atoms with Gasteiger partial charge in [-0.25, -0.2) is 0 Å². The molecule has 2 aromatic rings. The third-order valence-electron chi connectivity index (χ3n) is 3.07. The lowest BCUT2D eigenvalue weighted by Crippen LogP contribution is -2.08. The molecule has 0 saturated heterocycles. The Morgan fingerprint density at radius 2 is 1.73 bits per heavy atom. The second-order valence-corrected chi connectivity index (χ2v) is 4.83. The van der Waals surface area contributed by atoms with Gasteiger partial charge in [-0.15, -0.1) is 0 Å². The van der Waals surface area contributed by atoms with E-state index in [0.29, 0.717) is 34.9 Å². The van der Waals surface area contributed by atoms with Crippen LogP contribution in [0, 0.1) is 0 Å². The maximum atomic E-state index is 11.6. The van der Waals surface area contributed by atoms with Gasteiger partial charge in [-0.05, 0) is 36.4 Å². The zero-order valence-corrected chi connectivity index (χ0v) is 12.6. The van der Waals surface area contributed by atoms with E-state index in [1.165, 1.54) is 6.92 Å². The lowest BCUT2D eigenvalue weighted by molar-refractivity contribution is -0.114. The van der Waals surface area contributed by atoms with Gasteiger partial charge < -0.3 is 15.8 Å². The van der Waals surface area contributed by atoms with Crippen LogP contribution in [0.1, 0.15) is 30.6 Å². The molecule has 0 aliphatic heterocycles. The molecule has 0 fully saturated rings. The van der Waals surface area contributed by atoms with Crippen molar-refractivity contribution < 1.29 is 14.3 Å². The fourth-order valence-electron chi connectivity index (χ4n) is 1.95. The summed E-state index contributed by atoms with van der Waals surface area (Å²) in [5.74, 6) is 1.04. The van der Waals surface area contributed by atoms with Gasteiger partial charge in [0.1, 0.15) is 11.5 Å². The van der Waals surface area contributed by atoms with Gasteiger partial charge in [0.05, 0.1) is 11.4 Å². The first-order valence-corrected chi connectivity index (χ1v) is 6.98. The van der Waals surface area contributed by atoms with Gasteiger partial charge in [-0.1, -0.05) is 6.92 Å². The van der Waals surface area contributed by atoms with E-state index in [9.17, 15) is 9.59 Å². The summed E-state index contributed by atoms with van der Waals surface area (Å²) in [6, 6.07) is 12.0. The SMILES string of the molecule is CCC(=O)c1ccc(Oc2ccc(N)c(NC(C)=O)c2)cc1. The molecule has 0 saturated carbocycles. The number of hydrogen-bond acceptors (Lipinski definition) is 4. The number of Topliss-reactive ketones (excluding diaryl/α,β-unsaturated/α-hetero) is 1. The first-order chi connectivity index (χ1) is 10.5. The largest absolute Gasteiger partial charge is 0.457 e. The molecular weight excluding hydrogens is 280 g/mol. The van der Waals surface area contributed by atoms with E-state index in [0.717, 1.165) is 0 Å². The minimum Gasteiger partial charge on any atom is -0.457 e. The molecule has 0 aliphatic rings. The fraction of sp³-hybridized carbons (Fsp3) is 0.176. The number of ether oxygens (including phenoxy) is 1. The summed E-state index contributed by atoms with van der Waals surface area (Å²) < 4.78 is 5.71. The Bertz CT molecular complexity index is 694. The molecule has 0 aromatic heterocycles. The van der Waals surface area contributed by atoms with Crippen LogP contribution >= 0.6 is 0 Å². The number of nitrogens with one attached hydrogen (secondary N) is 1. The Hall–Kier alpha value is -2.82. The molecule has 0 heterocycles. The third kappa shape index (κ3) is 3.85. The maximum Gasteiger partial charge on any atom is 0.221 e. The van der Waals surface area contributed by atoms with Crippen molar-refractivity contribution in [3.8, 4) is 11.5 Å². The predicted molar refractivity (Wildman–Crippen MR) is 86.3 cm³/mol. The normalized spacial score (nSPS) is 10.1. The quantitative estimate of drug-likeness (QED) is 0.652. The number of rotatable bonds is 5. The number of hydrogen-bond donors (Lipinski definition) is 2. The summed E-state index contributed by atoms with van der Waals surface area (Å²) in [6.07, 6.45) is 0.470. The highest BCUT2D eigenvalue weighted by Gasteiger charge is 2.06.